The lowest BCUT2D eigenvalue weighted by atomic mass is 10.1. The lowest BCUT2D eigenvalue weighted by Crippen LogP contribution is -1.99. The minimum atomic E-state index is -0.426. The van der Waals surface area contributed by atoms with E-state index in [4.69, 9.17) is 8.83 Å². The Morgan fingerprint density at radius 3 is 2.24 bits per heavy atom. The molecule has 0 bridgehead atoms. The Morgan fingerprint density at radius 1 is 0.724 bits per heavy atom. The van der Waals surface area contributed by atoms with E-state index >= 15 is 0 Å². The molecule has 5 nitrogen and oxygen atoms in total. The van der Waals surface area contributed by atoms with E-state index in [1.54, 1.807) is 60.7 Å². The second kappa shape index (κ2) is 6.83. The SMILES string of the molecule is O=c1cc(-c2ccc(-c3nnc(-c4ccccc4F)o3)cc2)oc2ccccc12. The van der Waals surface area contributed by atoms with Crippen LogP contribution in [0.25, 0.3) is 45.2 Å². The van der Waals surface area contributed by atoms with Crippen LogP contribution >= 0.6 is 0 Å². The van der Waals surface area contributed by atoms with Crippen LogP contribution in [0.1, 0.15) is 0 Å². The molecular weight excluding hydrogens is 371 g/mol. The monoisotopic (exact) mass is 384 g/mol. The Kier molecular flexibility index (Phi) is 4.02. The van der Waals surface area contributed by atoms with Crippen LogP contribution in [0.2, 0.25) is 0 Å². The van der Waals surface area contributed by atoms with Gasteiger partial charge in [0, 0.05) is 17.2 Å². The van der Waals surface area contributed by atoms with Crippen LogP contribution in [0, 0.1) is 5.82 Å². The van der Waals surface area contributed by atoms with Crippen molar-refractivity contribution >= 4 is 11.0 Å². The minimum Gasteiger partial charge on any atom is -0.456 e. The highest BCUT2D eigenvalue weighted by atomic mass is 19.1. The molecule has 2 heterocycles. The zero-order valence-corrected chi connectivity index (χ0v) is 15.0. The van der Waals surface area contributed by atoms with E-state index in [0.29, 0.717) is 22.3 Å². The molecule has 0 saturated carbocycles. The van der Waals surface area contributed by atoms with Crippen LogP contribution in [-0.4, -0.2) is 10.2 Å². The van der Waals surface area contributed by atoms with Crippen molar-refractivity contribution in [2.75, 3.05) is 0 Å². The normalized spacial score (nSPS) is 11.1. The van der Waals surface area contributed by atoms with Gasteiger partial charge in [0.1, 0.15) is 17.2 Å². The standard InChI is InChI=1S/C23H13FN2O3/c24-18-7-3-1-5-16(18)23-26-25-22(29-23)15-11-9-14(10-12-15)21-13-19(27)17-6-2-4-8-20(17)28-21/h1-13H. The average Bonchev–Trinajstić information content (AvgIpc) is 3.24. The first-order chi connectivity index (χ1) is 14.2. The van der Waals surface area contributed by atoms with Gasteiger partial charge in [0.2, 0.25) is 5.89 Å². The molecule has 0 atom stereocenters. The fraction of sp³-hybridized carbons (Fsp3) is 0. The molecule has 0 saturated heterocycles. The van der Waals surface area contributed by atoms with E-state index in [0.717, 1.165) is 5.56 Å². The number of benzene rings is 3. The number of rotatable bonds is 3. The molecule has 3 aromatic carbocycles. The smallest absolute Gasteiger partial charge is 0.251 e. The van der Waals surface area contributed by atoms with Crippen LogP contribution in [-0.2, 0) is 0 Å². The van der Waals surface area contributed by atoms with E-state index < -0.39 is 5.82 Å². The summed E-state index contributed by atoms with van der Waals surface area (Å²) in [6, 6.07) is 22.0. The molecule has 0 aliphatic heterocycles. The summed E-state index contributed by atoms with van der Waals surface area (Å²) in [6.45, 7) is 0. The van der Waals surface area contributed by atoms with Gasteiger partial charge < -0.3 is 8.83 Å². The lowest BCUT2D eigenvalue weighted by molar-refractivity contribution is 0.570. The molecule has 0 radical (unpaired) electrons. The third-order valence-corrected chi connectivity index (χ3v) is 4.58. The van der Waals surface area contributed by atoms with Crippen LogP contribution < -0.4 is 5.43 Å². The van der Waals surface area contributed by atoms with Crippen molar-refractivity contribution in [1.29, 1.82) is 0 Å². The maximum atomic E-state index is 13.9. The largest absolute Gasteiger partial charge is 0.456 e. The number of fused-ring (bicyclic) bond motifs is 1. The Morgan fingerprint density at radius 2 is 1.41 bits per heavy atom. The highest BCUT2D eigenvalue weighted by molar-refractivity contribution is 5.78. The van der Waals surface area contributed by atoms with Crippen molar-refractivity contribution in [1.82, 2.24) is 10.2 Å². The van der Waals surface area contributed by atoms with Crippen LogP contribution in [0.3, 0.4) is 0 Å². The van der Waals surface area contributed by atoms with E-state index in [1.807, 2.05) is 6.07 Å². The van der Waals surface area contributed by atoms with Crippen LogP contribution in [0.5, 0.6) is 0 Å². The summed E-state index contributed by atoms with van der Waals surface area (Å²) >= 11 is 0. The van der Waals surface area contributed by atoms with Gasteiger partial charge in [-0.25, -0.2) is 4.39 Å². The Labute approximate surface area is 164 Å². The Balaban J connectivity index is 1.49. The molecule has 0 unspecified atom stereocenters. The average molecular weight is 384 g/mol. The van der Waals surface area contributed by atoms with Gasteiger partial charge in [-0.3, -0.25) is 4.79 Å². The summed E-state index contributed by atoms with van der Waals surface area (Å²) in [5, 5.41) is 8.48. The minimum absolute atomic E-state index is 0.0997. The number of halogens is 1. The van der Waals surface area contributed by atoms with Crippen molar-refractivity contribution in [2.45, 2.75) is 0 Å². The molecule has 29 heavy (non-hydrogen) atoms. The third-order valence-electron chi connectivity index (χ3n) is 4.58. The molecule has 5 aromatic rings. The number of aromatic nitrogens is 2. The van der Waals surface area contributed by atoms with E-state index in [9.17, 15) is 9.18 Å². The van der Waals surface area contributed by atoms with Crippen molar-refractivity contribution in [3.63, 3.8) is 0 Å². The summed E-state index contributed by atoms with van der Waals surface area (Å²) in [5.74, 6) is 0.430. The van der Waals surface area contributed by atoms with Crippen molar-refractivity contribution in [2.24, 2.45) is 0 Å². The number of para-hydroxylation sites is 1. The summed E-state index contributed by atoms with van der Waals surface area (Å²) < 4.78 is 25.4. The molecule has 6 heteroatoms. The Bertz CT molecular complexity index is 1390. The van der Waals surface area contributed by atoms with E-state index in [1.165, 1.54) is 12.1 Å². The molecule has 0 spiro atoms. The van der Waals surface area contributed by atoms with E-state index in [-0.39, 0.29) is 22.8 Å². The van der Waals surface area contributed by atoms with Gasteiger partial charge in [-0.05, 0) is 36.4 Å². The first-order valence-electron chi connectivity index (χ1n) is 8.91. The fourth-order valence-electron chi connectivity index (χ4n) is 3.11. The molecule has 0 aliphatic rings. The van der Waals surface area contributed by atoms with Crippen LogP contribution in [0.15, 0.2) is 92.5 Å². The molecule has 0 N–H and O–H groups in total. The van der Waals surface area contributed by atoms with Crippen LogP contribution in [0.4, 0.5) is 4.39 Å². The summed E-state index contributed by atoms with van der Waals surface area (Å²) in [7, 11) is 0. The number of hydrogen-bond donors (Lipinski definition) is 0. The van der Waals surface area contributed by atoms with Crippen molar-refractivity contribution in [3.8, 4) is 34.2 Å². The molecule has 0 amide bonds. The number of hydrogen-bond acceptors (Lipinski definition) is 5. The lowest BCUT2D eigenvalue weighted by Gasteiger charge is -2.03. The van der Waals surface area contributed by atoms with Gasteiger partial charge in [0.05, 0.1) is 10.9 Å². The van der Waals surface area contributed by atoms with Crippen molar-refractivity contribution in [3.05, 3.63) is 94.9 Å². The van der Waals surface area contributed by atoms with Gasteiger partial charge >= 0.3 is 0 Å². The molecule has 0 fully saturated rings. The van der Waals surface area contributed by atoms with E-state index in [2.05, 4.69) is 10.2 Å². The predicted octanol–water partition coefficient (Wildman–Crippen LogP) is 5.32. The highest BCUT2D eigenvalue weighted by Gasteiger charge is 2.14. The van der Waals surface area contributed by atoms with Gasteiger partial charge in [-0.2, -0.15) is 0 Å². The summed E-state index contributed by atoms with van der Waals surface area (Å²) in [6.07, 6.45) is 0. The molecular formula is C23H13FN2O3. The van der Waals surface area contributed by atoms with Gasteiger partial charge in [0.25, 0.3) is 5.89 Å². The first kappa shape index (κ1) is 17.1. The van der Waals surface area contributed by atoms with Gasteiger partial charge in [-0.15, -0.1) is 10.2 Å². The third kappa shape index (κ3) is 3.10. The maximum absolute atomic E-state index is 13.9. The molecule has 140 valence electrons. The maximum Gasteiger partial charge on any atom is 0.251 e. The van der Waals surface area contributed by atoms with Gasteiger partial charge in [-0.1, -0.05) is 36.4 Å². The zero-order valence-electron chi connectivity index (χ0n) is 15.0. The molecule has 0 aliphatic carbocycles. The molecule has 2 aromatic heterocycles. The van der Waals surface area contributed by atoms with Gasteiger partial charge in [0.15, 0.2) is 5.43 Å². The first-order valence-corrected chi connectivity index (χ1v) is 8.91. The summed E-state index contributed by atoms with van der Waals surface area (Å²) in [4.78, 5) is 12.3. The second-order valence-electron chi connectivity index (χ2n) is 6.44. The quantitative estimate of drug-likeness (QED) is 0.421. The fourth-order valence-corrected chi connectivity index (χ4v) is 3.11. The zero-order chi connectivity index (χ0) is 19.8. The predicted molar refractivity (Wildman–Crippen MR) is 107 cm³/mol. The number of nitrogens with zero attached hydrogens (tertiary/aromatic N) is 2. The topological polar surface area (TPSA) is 69.1 Å². The van der Waals surface area contributed by atoms with Crippen molar-refractivity contribution < 1.29 is 13.2 Å². The molecule has 5 rings (SSSR count). The summed E-state index contributed by atoms with van der Waals surface area (Å²) in [5.41, 5.74) is 2.10. The second-order valence-corrected chi connectivity index (χ2v) is 6.44. The Hall–Kier alpha value is -4.06. The highest BCUT2D eigenvalue weighted by Crippen LogP contribution is 2.28.